The molecule has 0 fully saturated rings. The van der Waals surface area contributed by atoms with Crippen molar-refractivity contribution in [3.63, 3.8) is 0 Å². The minimum atomic E-state index is 0.945. The van der Waals surface area contributed by atoms with Crippen LogP contribution in [0.2, 0.25) is 0 Å². The normalized spacial score (nSPS) is 10.3. The van der Waals surface area contributed by atoms with E-state index in [-0.39, 0.29) is 0 Å². The number of halogens is 1. The highest BCUT2D eigenvalue weighted by molar-refractivity contribution is 9.10. The van der Waals surface area contributed by atoms with E-state index >= 15 is 0 Å². The molecule has 0 amide bonds. The fourth-order valence-corrected chi connectivity index (χ4v) is 2.01. The zero-order valence-corrected chi connectivity index (χ0v) is 10.0. The summed E-state index contributed by atoms with van der Waals surface area (Å²) in [6.45, 7) is 2.12. The van der Waals surface area contributed by atoms with E-state index in [2.05, 4.69) is 38.9 Å². The molecule has 0 aliphatic heterocycles. The van der Waals surface area contributed by atoms with Gasteiger partial charge in [0.1, 0.15) is 0 Å². The number of aromatic nitrogens is 2. The molecule has 0 bridgehead atoms. The Morgan fingerprint density at radius 3 is 2.80 bits per heavy atom. The van der Waals surface area contributed by atoms with E-state index in [1.165, 1.54) is 5.56 Å². The molecule has 0 aliphatic rings. The second-order valence-corrected chi connectivity index (χ2v) is 4.12. The van der Waals surface area contributed by atoms with Gasteiger partial charge >= 0.3 is 0 Å². The molecule has 0 unspecified atom stereocenters. The van der Waals surface area contributed by atoms with Crippen LogP contribution >= 0.6 is 15.9 Å². The maximum absolute atomic E-state index is 4.43. The predicted octanol–water partition coefficient (Wildman–Crippen LogP) is 3.47. The van der Waals surface area contributed by atoms with Crippen LogP contribution in [0.25, 0.3) is 11.3 Å². The van der Waals surface area contributed by atoms with Crippen LogP contribution in [-0.2, 0) is 6.42 Å². The van der Waals surface area contributed by atoms with Crippen LogP contribution in [0, 0.1) is 0 Å². The van der Waals surface area contributed by atoms with Gasteiger partial charge in [-0.1, -0.05) is 6.92 Å². The van der Waals surface area contributed by atoms with Crippen LogP contribution in [-0.4, -0.2) is 9.97 Å². The maximum Gasteiger partial charge on any atom is 0.0859 e. The van der Waals surface area contributed by atoms with Gasteiger partial charge in [-0.3, -0.25) is 9.97 Å². The molecule has 2 rings (SSSR count). The van der Waals surface area contributed by atoms with Gasteiger partial charge in [-0.2, -0.15) is 0 Å². The van der Waals surface area contributed by atoms with Gasteiger partial charge in [0.05, 0.1) is 5.69 Å². The standard InChI is InChI=1S/C12H11BrN2/c1-2-9-6-11(13)12(15-7-9)10-4-3-5-14-8-10/h3-8H,2H2,1H3. The zero-order chi connectivity index (χ0) is 10.7. The summed E-state index contributed by atoms with van der Waals surface area (Å²) in [7, 11) is 0. The molecule has 0 saturated heterocycles. The third kappa shape index (κ3) is 2.23. The molecule has 0 spiro atoms. The molecule has 15 heavy (non-hydrogen) atoms. The molecule has 0 radical (unpaired) electrons. The lowest BCUT2D eigenvalue weighted by atomic mass is 10.1. The van der Waals surface area contributed by atoms with Gasteiger partial charge in [0, 0.05) is 28.6 Å². The smallest absolute Gasteiger partial charge is 0.0859 e. The van der Waals surface area contributed by atoms with Gasteiger partial charge in [-0.15, -0.1) is 0 Å². The number of aryl methyl sites for hydroxylation is 1. The van der Waals surface area contributed by atoms with E-state index in [1.807, 2.05) is 24.5 Å². The van der Waals surface area contributed by atoms with Crippen molar-refractivity contribution in [3.8, 4) is 11.3 Å². The Balaban J connectivity index is 2.46. The molecular formula is C12H11BrN2. The Bertz CT molecular complexity index is 454. The first-order valence-corrected chi connectivity index (χ1v) is 5.65. The Hall–Kier alpha value is -1.22. The van der Waals surface area contributed by atoms with Crippen LogP contribution in [0.5, 0.6) is 0 Å². The Kier molecular flexibility index (Phi) is 3.11. The lowest BCUT2D eigenvalue weighted by Crippen LogP contribution is -1.89. The van der Waals surface area contributed by atoms with E-state index in [1.54, 1.807) is 6.20 Å². The van der Waals surface area contributed by atoms with Crippen LogP contribution in [0.4, 0.5) is 0 Å². The highest BCUT2D eigenvalue weighted by Crippen LogP contribution is 2.25. The maximum atomic E-state index is 4.43. The number of hydrogen-bond acceptors (Lipinski definition) is 2. The first-order valence-electron chi connectivity index (χ1n) is 4.86. The molecule has 0 atom stereocenters. The Labute approximate surface area is 97.5 Å². The van der Waals surface area contributed by atoms with Crippen molar-refractivity contribution in [2.24, 2.45) is 0 Å². The Morgan fingerprint density at radius 2 is 2.20 bits per heavy atom. The highest BCUT2D eigenvalue weighted by Gasteiger charge is 2.04. The lowest BCUT2D eigenvalue weighted by Gasteiger charge is -2.04. The molecule has 0 aromatic carbocycles. The molecule has 2 nitrogen and oxygen atoms in total. The van der Waals surface area contributed by atoms with E-state index in [4.69, 9.17) is 0 Å². The molecule has 3 heteroatoms. The molecule has 2 aromatic heterocycles. The summed E-state index contributed by atoms with van der Waals surface area (Å²) in [6.07, 6.45) is 6.49. The van der Waals surface area contributed by atoms with E-state index in [0.29, 0.717) is 0 Å². The van der Waals surface area contributed by atoms with Crippen LogP contribution < -0.4 is 0 Å². The summed E-state index contributed by atoms with van der Waals surface area (Å²) in [4.78, 5) is 8.52. The zero-order valence-electron chi connectivity index (χ0n) is 8.44. The topological polar surface area (TPSA) is 25.8 Å². The van der Waals surface area contributed by atoms with Crippen molar-refractivity contribution in [1.29, 1.82) is 0 Å². The molecule has 2 aromatic rings. The van der Waals surface area contributed by atoms with Crippen molar-refractivity contribution < 1.29 is 0 Å². The first kappa shape index (κ1) is 10.3. The minimum Gasteiger partial charge on any atom is -0.264 e. The van der Waals surface area contributed by atoms with Crippen molar-refractivity contribution in [2.45, 2.75) is 13.3 Å². The average molecular weight is 263 g/mol. The molecule has 2 heterocycles. The molecule has 0 saturated carbocycles. The van der Waals surface area contributed by atoms with Crippen LogP contribution in [0.3, 0.4) is 0 Å². The predicted molar refractivity (Wildman–Crippen MR) is 64.5 cm³/mol. The van der Waals surface area contributed by atoms with E-state index in [0.717, 1.165) is 22.2 Å². The summed E-state index contributed by atoms with van der Waals surface area (Å²) in [6, 6.07) is 6.03. The first-order chi connectivity index (χ1) is 7.31. The van der Waals surface area contributed by atoms with Crippen molar-refractivity contribution in [2.75, 3.05) is 0 Å². The summed E-state index contributed by atoms with van der Waals surface area (Å²) >= 11 is 3.53. The summed E-state index contributed by atoms with van der Waals surface area (Å²) in [5.74, 6) is 0. The number of hydrogen-bond donors (Lipinski definition) is 0. The van der Waals surface area contributed by atoms with Gasteiger partial charge < -0.3 is 0 Å². The summed E-state index contributed by atoms with van der Waals surface area (Å²) < 4.78 is 1.02. The second-order valence-electron chi connectivity index (χ2n) is 3.27. The van der Waals surface area contributed by atoms with Gasteiger partial charge in [0.25, 0.3) is 0 Å². The fourth-order valence-electron chi connectivity index (χ4n) is 1.39. The van der Waals surface area contributed by atoms with Crippen molar-refractivity contribution >= 4 is 15.9 Å². The largest absolute Gasteiger partial charge is 0.264 e. The minimum absolute atomic E-state index is 0.945. The SMILES string of the molecule is CCc1cnc(-c2cccnc2)c(Br)c1. The van der Waals surface area contributed by atoms with Crippen LogP contribution in [0.15, 0.2) is 41.3 Å². The van der Waals surface area contributed by atoms with Crippen LogP contribution in [0.1, 0.15) is 12.5 Å². The van der Waals surface area contributed by atoms with Gasteiger partial charge in [0.15, 0.2) is 0 Å². The number of pyridine rings is 2. The number of nitrogens with zero attached hydrogens (tertiary/aromatic N) is 2. The lowest BCUT2D eigenvalue weighted by molar-refractivity contribution is 1.10. The third-order valence-corrected chi connectivity index (χ3v) is 2.85. The fraction of sp³-hybridized carbons (Fsp3) is 0.167. The van der Waals surface area contributed by atoms with Gasteiger partial charge in [0.2, 0.25) is 0 Å². The van der Waals surface area contributed by atoms with E-state index in [9.17, 15) is 0 Å². The van der Waals surface area contributed by atoms with Gasteiger partial charge in [-0.05, 0) is 46.1 Å². The second kappa shape index (κ2) is 4.53. The van der Waals surface area contributed by atoms with Gasteiger partial charge in [-0.25, -0.2) is 0 Å². The molecule has 0 N–H and O–H groups in total. The number of rotatable bonds is 2. The summed E-state index contributed by atoms with van der Waals surface area (Å²) in [5.41, 5.74) is 3.21. The highest BCUT2D eigenvalue weighted by atomic mass is 79.9. The quantitative estimate of drug-likeness (QED) is 0.829. The van der Waals surface area contributed by atoms with Crippen molar-refractivity contribution in [1.82, 2.24) is 9.97 Å². The Morgan fingerprint density at radius 1 is 1.33 bits per heavy atom. The van der Waals surface area contributed by atoms with E-state index < -0.39 is 0 Å². The molecular weight excluding hydrogens is 252 g/mol. The molecule has 76 valence electrons. The average Bonchev–Trinajstić information content (AvgIpc) is 2.30. The summed E-state index contributed by atoms with van der Waals surface area (Å²) in [5, 5.41) is 0. The monoisotopic (exact) mass is 262 g/mol. The van der Waals surface area contributed by atoms with Crippen molar-refractivity contribution in [3.05, 3.63) is 46.8 Å². The molecule has 0 aliphatic carbocycles. The third-order valence-electron chi connectivity index (χ3n) is 2.24.